The Morgan fingerprint density at radius 3 is 2.42 bits per heavy atom. The number of aromatic nitrogens is 1. The summed E-state index contributed by atoms with van der Waals surface area (Å²) in [6.07, 6.45) is 2.06. The minimum Gasteiger partial charge on any atom is -0.350 e. The van der Waals surface area contributed by atoms with Crippen molar-refractivity contribution in [3.63, 3.8) is 0 Å². The Balaban J connectivity index is 2.21. The Bertz CT molecular complexity index is 748. The Labute approximate surface area is 112 Å². The number of rotatable bonds is 2. The predicted molar refractivity (Wildman–Crippen MR) is 76.8 cm³/mol. The van der Waals surface area contributed by atoms with E-state index in [0.29, 0.717) is 0 Å². The molecule has 0 aliphatic carbocycles. The number of fused-ring (bicyclic) bond motifs is 1. The van der Waals surface area contributed by atoms with Crippen LogP contribution in [0.25, 0.3) is 10.9 Å². The van der Waals surface area contributed by atoms with E-state index in [4.69, 9.17) is 0 Å². The predicted octanol–water partition coefficient (Wildman–Crippen LogP) is 3.83. The minimum atomic E-state index is -0.215. The second-order valence-corrected chi connectivity index (χ2v) is 4.69. The van der Waals surface area contributed by atoms with Gasteiger partial charge in [0.15, 0.2) is 0 Å². The molecular formula is C17H14N2. The first-order valence-corrected chi connectivity index (χ1v) is 6.30. The summed E-state index contributed by atoms with van der Waals surface area (Å²) in [5, 5.41) is 10.7. The maximum Gasteiger partial charge on any atom is 0.0983 e. The number of aryl methyl sites for hydroxylation is 1. The van der Waals surface area contributed by atoms with Gasteiger partial charge in [-0.2, -0.15) is 5.26 Å². The molecule has 0 fully saturated rings. The smallest absolute Gasteiger partial charge is 0.0983 e. The van der Waals surface area contributed by atoms with Gasteiger partial charge in [0, 0.05) is 24.1 Å². The van der Waals surface area contributed by atoms with Crippen molar-refractivity contribution in [1.29, 1.82) is 5.26 Å². The lowest BCUT2D eigenvalue weighted by atomic mass is 9.92. The molecule has 92 valence electrons. The monoisotopic (exact) mass is 246 g/mol. The molecule has 0 saturated carbocycles. The van der Waals surface area contributed by atoms with Crippen molar-refractivity contribution in [3.8, 4) is 6.07 Å². The molecule has 1 atom stereocenters. The zero-order valence-electron chi connectivity index (χ0n) is 10.7. The van der Waals surface area contributed by atoms with Gasteiger partial charge in [0.1, 0.15) is 0 Å². The van der Waals surface area contributed by atoms with Crippen molar-refractivity contribution < 1.29 is 0 Å². The van der Waals surface area contributed by atoms with Gasteiger partial charge in [-0.3, -0.25) is 0 Å². The first kappa shape index (κ1) is 11.6. The van der Waals surface area contributed by atoms with Gasteiger partial charge in [-0.1, -0.05) is 48.5 Å². The quantitative estimate of drug-likeness (QED) is 0.675. The lowest BCUT2D eigenvalue weighted by Crippen LogP contribution is -1.97. The number of hydrogen-bond donors (Lipinski definition) is 0. The van der Waals surface area contributed by atoms with Crippen molar-refractivity contribution in [2.75, 3.05) is 0 Å². The highest BCUT2D eigenvalue weighted by molar-refractivity contribution is 5.85. The zero-order chi connectivity index (χ0) is 13.2. The second kappa shape index (κ2) is 4.62. The summed E-state index contributed by atoms with van der Waals surface area (Å²) >= 11 is 0. The third-order valence-electron chi connectivity index (χ3n) is 3.50. The molecule has 0 aliphatic heterocycles. The van der Waals surface area contributed by atoms with E-state index in [0.717, 1.165) is 22.0 Å². The highest BCUT2D eigenvalue weighted by atomic mass is 14.9. The van der Waals surface area contributed by atoms with Gasteiger partial charge in [0.05, 0.1) is 12.0 Å². The Hall–Kier alpha value is -2.53. The van der Waals surface area contributed by atoms with E-state index >= 15 is 0 Å². The van der Waals surface area contributed by atoms with Crippen LogP contribution in [-0.2, 0) is 7.05 Å². The molecule has 2 nitrogen and oxygen atoms in total. The fourth-order valence-corrected chi connectivity index (χ4v) is 2.57. The highest BCUT2D eigenvalue weighted by Gasteiger charge is 2.18. The Morgan fingerprint density at radius 1 is 1.00 bits per heavy atom. The summed E-state index contributed by atoms with van der Waals surface area (Å²) in [6.45, 7) is 0. The van der Waals surface area contributed by atoms with Crippen LogP contribution in [0.2, 0.25) is 0 Å². The van der Waals surface area contributed by atoms with Crippen LogP contribution in [0, 0.1) is 11.3 Å². The maximum absolute atomic E-state index is 9.54. The lowest BCUT2D eigenvalue weighted by molar-refractivity contribution is 0.944. The van der Waals surface area contributed by atoms with Gasteiger partial charge in [0.25, 0.3) is 0 Å². The average molecular weight is 246 g/mol. The van der Waals surface area contributed by atoms with Crippen LogP contribution in [0.15, 0.2) is 60.8 Å². The number of nitriles is 1. The maximum atomic E-state index is 9.54. The van der Waals surface area contributed by atoms with Gasteiger partial charge in [0.2, 0.25) is 0 Å². The largest absolute Gasteiger partial charge is 0.350 e. The van der Waals surface area contributed by atoms with Crippen molar-refractivity contribution in [3.05, 3.63) is 71.9 Å². The van der Waals surface area contributed by atoms with E-state index in [-0.39, 0.29) is 5.92 Å². The molecule has 0 N–H and O–H groups in total. The average Bonchev–Trinajstić information content (AvgIpc) is 2.79. The summed E-state index contributed by atoms with van der Waals surface area (Å²) in [5.74, 6) is -0.215. The highest BCUT2D eigenvalue weighted by Crippen LogP contribution is 2.31. The third-order valence-corrected chi connectivity index (χ3v) is 3.50. The van der Waals surface area contributed by atoms with E-state index < -0.39 is 0 Å². The number of hydrogen-bond acceptors (Lipinski definition) is 1. The minimum absolute atomic E-state index is 0.215. The summed E-state index contributed by atoms with van der Waals surface area (Å²) in [6, 6.07) is 20.6. The molecule has 0 aliphatic rings. The molecule has 1 heterocycles. The van der Waals surface area contributed by atoms with Gasteiger partial charge in [-0.05, 0) is 17.2 Å². The summed E-state index contributed by atoms with van der Waals surface area (Å²) < 4.78 is 2.08. The zero-order valence-corrected chi connectivity index (χ0v) is 10.7. The van der Waals surface area contributed by atoms with Crippen LogP contribution in [0.1, 0.15) is 17.0 Å². The first-order chi connectivity index (χ1) is 9.31. The normalized spacial score (nSPS) is 12.2. The number of nitrogens with zero attached hydrogens (tertiary/aromatic N) is 2. The van der Waals surface area contributed by atoms with Gasteiger partial charge < -0.3 is 4.57 Å². The molecule has 3 rings (SSSR count). The first-order valence-electron chi connectivity index (χ1n) is 6.30. The van der Waals surface area contributed by atoms with Crippen LogP contribution < -0.4 is 0 Å². The van der Waals surface area contributed by atoms with E-state index in [9.17, 15) is 5.26 Å². The molecule has 0 radical (unpaired) electrons. The van der Waals surface area contributed by atoms with Crippen LogP contribution in [0.3, 0.4) is 0 Å². The Morgan fingerprint density at radius 2 is 1.68 bits per heavy atom. The molecule has 2 aromatic carbocycles. The van der Waals surface area contributed by atoms with Gasteiger partial charge in [-0.15, -0.1) is 0 Å². The summed E-state index contributed by atoms with van der Waals surface area (Å²) in [7, 11) is 2.02. The fourth-order valence-electron chi connectivity index (χ4n) is 2.57. The molecule has 1 aromatic heterocycles. The molecule has 19 heavy (non-hydrogen) atoms. The summed E-state index contributed by atoms with van der Waals surface area (Å²) in [4.78, 5) is 0. The van der Waals surface area contributed by atoms with Crippen LogP contribution >= 0.6 is 0 Å². The van der Waals surface area contributed by atoms with E-state index in [1.54, 1.807) is 0 Å². The van der Waals surface area contributed by atoms with Crippen LogP contribution in [0.4, 0.5) is 0 Å². The standard InChI is InChI=1S/C17H14N2/c1-19-12-16(14-9-5-6-10-17(14)19)15(11-18)13-7-3-2-4-8-13/h2-10,12,15H,1H3. The lowest BCUT2D eigenvalue weighted by Gasteiger charge is -2.08. The molecule has 3 aromatic rings. The number of para-hydroxylation sites is 1. The molecule has 2 heteroatoms. The van der Waals surface area contributed by atoms with Crippen molar-refractivity contribution in [2.24, 2.45) is 7.05 Å². The summed E-state index contributed by atoms with van der Waals surface area (Å²) in [5.41, 5.74) is 3.28. The number of benzene rings is 2. The fraction of sp³-hybridized carbons (Fsp3) is 0.118. The van der Waals surface area contributed by atoms with Crippen molar-refractivity contribution in [2.45, 2.75) is 5.92 Å². The van der Waals surface area contributed by atoms with Gasteiger partial charge >= 0.3 is 0 Å². The molecular weight excluding hydrogens is 232 g/mol. The van der Waals surface area contributed by atoms with Crippen molar-refractivity contribution >= 4 is 10.9 Å². The van der Waals surface area contributed by atoms with Crippen LogP contribution in [-0.4, -0.2) is 4.57 Å². The molecule has 0 spiro atoms. The molecule has 1 unspecified atom stereocenters. The van der Waals surface area contributed by atoms with Crippen LogP contribution in [0.5, 0.6) is 0 Å². The molecule has 0 saturated heterocycles. The van der Waals surface area contributed by atoms with Crippen molar-refractivity contribution in [1.82, 2.24) is 4.57 Å². The van der Waals surface area contributed by atoms with Gasteiger partial charge in [-0.25, -0.2) is 0 Å². The molecule has 0 amide bonds. The van der Waals surface area contributed by atoms with E-state index in [1.165, 1.54) is 0 Å². The molecule has 0 bridgehead atoms. The second-order valence-electron chi connectivity index (χ2n) is 4.69. The van der Waals surface area contributed by atoms with E-state index in [2.05, 4.69) is 29.0 Å². The topological polar surface area (TPSA) is 28.7 Å². The van der Waals surface area contributed by atoms with E-state index in [1.807, 2.05) is 49.5 Å². The third kappa shape index (κ3) is 1.90. The Kier molecular flexibility index (Phi) is 2.81. The SMILES string of the molecule is Cn1cc(C(C#N)c2ccccc2)c2ccccc21.